The molecule has 0 bridgehead atoms. The van der Waals surface area contributed by atoms with Crippen molar-refractivity contribution >= 4 is 22.9 Å². The molecule has 16 heavy (non-hydrogen) atoms. The summed E-state index contributed by atoms with van der Waals surface area (Å²) in [5, 5.41) is 3.28. The van der Waals surface area contributed by atoms with Gasteiger partial charge in [-0.25, -0.2) is 0 Å². The Kier molecular flexibility index (Phi) is 3.38. The van der Waals surface area contributed by atoms with Crippen LogP contribution in [0.25, 0.3) is 0 Å². The van der Waals surface area contributed by atoms with Crippen LogP contribution in [0.5, 0.6) is 0 Å². The molecular formula is C12H14ClNOS. The van der Waals surface area contributed by atoms with Crippen molar-refractivity contribution in [3.63, 3.8) is 0 Å². The Labute approximate surface area is 104 Å². The minimum atomic E-state index is 0.161. The zero-order chi connectivity index (χ0) is 11.7. The molecule has 1 N–H and O–H groups in total. The molecular weight excluding hydrogens is 242 g/mol. The third-order valence-electron chi connectivity index (χ3n) is 2.53. The zero-order valence-electron chi connectivity index (χ0n) is 9.50. The average Bonchev–Trinajstić information content (AvgIpc) is 2.77. The van der Waals surface area contributed by atoms with Crippen molar-refractivity contribution in [2.75, 3.05) is 7.05 Å². The van der Waals surface area contributed by atoms with Gasteiger partial charge in [0.2, 0.25) is 0 Å². The van der Waals surface area contributed by atoms with Crippen LogP contribution in [0.1, 0.15) is 27.8 Å². The Morgan fingerprint density at radius 1 is 1.38 bits per heavy atom. The van der Waals surface area contributed by atoms with E-state index in [1.54, 1.807) is 17.6 Å². The molecule has 2 aromatic rings. The van der Waals surface area contributed by atoms with E-state index in [1.165, 1.54) is 4.88 Å². The predicted molar refractivity (Wildman–Crippen MR) is 68.4 cm³/mol. The van der Waals surface area contributed by atoms with Crippen molar-refractivity contribution in [2.45, 2.75) is 19.9 Å². The topological polar surface area (TPSA) is 25.2 Å². The molecule has 0 aliphatic heterocycles. The van der Waals surface area contributed by atoms with Crippen molar-refractivity contribution in [1.82, 2.24) is 5.32 Å². The predicted octanol–water partition coefficient (Wildman–Crippen LogP) is 3.92. The fraction of sp³-hybridized carbons (Fsp3) is 0.333. The number of hydrogen-bond acceptors (Lipinski definition) is 3. The van der Waals surface area contributed by atoms with Crippen molar-refractivity contribution in [3.05, 3.63) is 44.5 Å². The van der Waals surface area contributed by atoms with E-state index in [9.17, 15) is 0 Å². The lowest BCUT2D eigenvalue weighted by atomic mass is 10.1. The highest BCUT2D eigenvalue weighted by molar-refractivity contribution is 7.16. The maximum Gasteiger partial charge on any atom is 0.101 e. The molecule has 0 fully saturated rings. The summed E-state index contributed by atoms with van der Waals surface area (Å²) in [6, 6.07) is 4.33. The average molecular weight is 256 g/mol. The number of rotatable bonds is 3. The monoisotopic (exact) mass is 255 g/mol. The van der Waals surface area contributed by atoms with Crippen LogP contribution in [0, 0.1) is 13.8 Å². The molecule has 0 radical (unpaired) electrons. The van der Waals surface area contributed by atoms with E-state index >= 15 is 0 Å². The first-order valence-corrected chi connectivity index (χ1v) is 6.29. The Morgan fingerprint density at radius 2 is 2.12 bits per heavy atom. The maximum atomic E-state index is 6.09. The summed E-state index contributed by atoms with van der Waals surface area (Å²) < 4.78 is 6.19. The highest BCUT2D eigenvalue weighted by Crippen LogP contribution is 2.34. The SMILES string of the molecule is CNC(c1coc(C)c1)c1cc(C)c(Cl)s1. The third kappa shape index (κ3) is 2.17. The van der Waals surface area contributed by atoms with Gasteiger partial charge < -0.3 is 9.73 Å². The number of aryl methyl sites for hydroxylation is 2. The lowest BCUT2D eigenvalue weighted by Crippen LogP contribution is -2.15. The summed E-state index contributed by atoms with van der Waals surface area (Å²) in [4.78, 5) is 1.21. The smallest absolute Gasteiger partial charge is 0.101 e. The van der Waals surface area contributed by atoms with E-state index in [1.807, 2.05) is 27.0 Å². The molecule has 0 amide bonds. The number of nitrogens with one attached hydrogen (secondary N) is 1. The fourth-order valence-electron chi connectivity index (χ4n) is 1.71. The Bertz CT molecular complexity index is 469. The first kappa shape index (κ1) is 11.7. The van der Waals surface area contributed by atoms with Crippen molar-refractivity contribution in [2.24, 2.45) is 0 Å². The van der Waals surface area contributed by atoms with E-state index in [0.29, 0.717) is 0 Å². The third-order valence-corrected chi connectivity index (χ3v) is 4.15. The molecule has 1 unspecified atom stereocenters. The summed E-state index contributed by atoms with van der Waals surface area (Å²) >= 11 is 7.70. The summed E-state index contributed by atoms with van der Waals surface area (Å²) in [6.45, 7) is 3.97. The number of hydrogen-bond donors (Lipinski definition) is 1. The molecule has 0 aliphatic rings. The Balaban J connectivity index is 2.36. The van der Waals surface area contributed by atoms with Crippen molar-refractivity contribution in [3.8, 4) is 0 Å². The first-order chi connectivity index (χ1) is 7.61. The minimum absolute atomic E-state index is 0.161. The molecule has 4 heteroatoms. The van der Waals surface area contributed by atoms with Gasteiger partial charge in [0.25, 0.3) is 0 Å². The summed E-state index contributed by atoms with van der Waals surface area (Å²) in [5.74, 6) is 0.926. The number of thiophene rings is 1. The van der Waals surface area contributed by atoms with Gasteiger partial charge in [-0.05, 0) is 38.6 Å². The highest BCUT2D eigenvalue weighted by atomic mass is 35.5. The van der Waals surface area contributed by atoms with Crippen LogP contribution in [0.3, 0.4) is 0 Å². The van der Waals surface area contributed by atoms with Crippen LogP contribution in [0.15, 0.2) is 22.8 Å². The van der Waals surface area contributed by atoms with Gasteiger partial charge >= 0.3 is 0 Å². The molecule has 2 heterocycles. The van der Waals surface area contributed by atoms with E-state index in [2.05, 4.69) is 11.4 Å². The minimum Gasteiger partial charge on any atom is -0.469 e. The van der Waals surface area contributed by atoms with Crippen molar-refractivity contribution in [1.29, 1.82) is 0 Å². The second-order valence-electron chi connectivity index (χ2n) is 3.82. The van der Waals surface area contributed by atoms with Crippen molar-refractivity contribution < 1.29 is 4.42 Å². The number of furan rings is 1. The van der Waals surface area contributed by atoms with Gasteiger partial charge in [-0.2, -0.15) is 0 Å². The lowest BCUT2D eigenvalue weighted by Gasteiger charge is -2.11. The molecule has 0 spiro atoms. The molecule has 0 aliphatic carbocycles. The fourth-order valence-corrected chi connectivity index (χ4v) is 3.07. The number of halogens is 1. The second-order valence-corrected chi connectivity index (χ2v) is 5.50. The van der Waals surface area contributed by atoms with Gasteiger partial charge in [0, 0.05) is 10.4 Å². The molecule has 0 aromatic carbocycles. The van der Waals surface area contributed by atoms with E-state index in [4.69, 9.17) is 16.0 Å². The standard InChI is InChI=1S/C12H14ClNOS/c1-7-4-10(16-12(7)13)11(14-3)9-5-8(2)15-6-9/h4-6,11,14H,1-3H3. The molecule has 2 nitrogen and oxygen atoms in total. The quantitative estimate of drug-likeness (QED) is 0.899. The summed E-state index contributed by atoms with van der Waals surface area (Å²) in [5.41, 5.74) is 2.26. The van der Waals surface area contributed by atoms with Crippen LogP contribution in [-0.2, 0) is 0 Å². The van der Waals surface area contributed by atoms with E-state index in [-0.39, 0.29) is 6.04 Å². The normalized spacial score (nSPS) is 13.0. The van der Waals surface area contributed by atoms with Gasteiger partial charge in [-0.3, -0.25) is 0 Å². The molecule has 0 saturated heterocycles. The second kappa shape index (κ2) is 4.62. The van der Waals surface area contributed by atoms with E-state index < -0.39 is 0 Å². The maximum absolute atomic E-state index is 6.09. The first-order valence-electron chi connectivity index (χ1n) is 5.10. The lowest BCUT2D eigenvalue weighted by molar-refractivity contribution is 0.528. The molecule has 2 rings (SSSR count). The molecule has 2 aromatic heterocycles. The summed E-state index contributed by atoms with van der Waals surface area (Å²) in [6.07, 6.45) is 1.79. The van der Waals surface area contributed by atoms with Crippen LogP contribution in [0.4, 0.5) is 0 Å². The largest absolute Gasteiger partial charge is 0.469 e. The van der Waals surface area contributed by atoms with Crippen LogP contribution < -0.4 is 5.32 Å². The van der Waals surface area contributed by atoms with Gasteiger partial charge in [-0.15, -0.1) is 11.3 Å². The van der Waals surface area contributed by atoms with Gasteiger partial charge in [0.15, 0.2) is 0 Å². The Hall–Kier alpha value is -0.770. The van der Waals surface area contributed by atoms with Crippen LogP contribution in [-0.4, -0.2) is 7.05 Å². The van der Waals surface area contributed by atoms with E-state index in [0.717, 1.165) is 21.2 Å². The molecule has 0 saturated carbocycles. The molecule has 86 valence electrons. The van der Waals surface area contributed by atoms with Crippen LogP contribution in [0.2, 0.25) is 4.34 Å². The van der Waals surface area contributed by atoms with Gasteiger partial charge in [-0.1, -0.05) is 11.6 Å². The Morgan fingerprint density at radius 3 is 2.56 bits per heavy atom. The molecule has 1 atom stereocenters. The zero-order valence-corrected chi connectivity index (χ0v) is 11.1. The van der Waals surface area contributed by atoms with Gasteiger partial charge in [0.1, 0.15) is 5.76 Å². The van der Waals surface area contributed by atoms with Gasteiger partial charge in [0.05, 0.1) is 16.6 Å². The highest BCUT2D eigenvalue weighted by Gasteiger charge is 2.17. The van der Waals surface area contributed by atoms with Crippen LogP contribution >= 0.6 is 22.9 Å². The summed E-state index contributed by atoms with van der Waals surface area (Å²) in [7, 11) is 1.94.